The highest BCUT2D eigenvalue weighted by atomic mass is 79.9. The first-order valence-electron chi connectivity index (χ1n) is 6.92. The highest BCUT2D eigenvalue weighted by molar-refractivity contribution is 9.10. The van der Waals surface area contributed by atoms with Gasteiger partial charge in [0, 0.05) is 16.1 Å². The van der Waals surface area contributed by atoms with Gasteiger partial charge in [0.1, 0.15) is 5.75 Å². The van der Waals surface area contributed by atoms with E-state index in [1.54, 1.807) is 7.11 Å². The molecule has 1 aliphatic rings. The predicted molar refractivity (Wildman–Crippen MR) is 83.0 cm³/mol. The maximum absolute atomic E-state index is 12.2. The van der Waals surface area contributed by atoms with Gasteiger partial charge in [-0.3, -0.25) is 4.79 Å². The van der Waals surface area contributed by atoms with Gasteiger partial charge < -0.3 is 15.4 Å². The topological polar surface area (TPSA) is 50.4 Å². The van der Waals surface area contributed by atoms with E-state index in [9.17, 15) is 4.79 Å². The van der Waals surface area contributed by atoms with Crippen LogP contribution in [0.3, 0.4) is 0 Å². The summed E-state index contributed by atoms with van der Waals surface area (Å²) in [6.45, 7) is 4.09. The van der Waals surface area contributed by atoms with Crippen LogP contribution >= 0.6 is 15.9 Å². The lowest BCUT2D eigenvalue weighted by molar-refractivity contribution is -0.121. The predicted octanol–water partition coefficient (Wildman–Crippen LogP) is 2.11. The lowest BCUT2D eigenvalue weighted by Gasteiger charge is -2.30. The molecule has 1 aromatic carbocycles. The molecule has 0 saturated carbocycles. The number of hydrogen-bond acceptors (Lipinski definition) is 3. The monoisotopic (exact) mass is 340 g/mol. The van der Waals surface area contributed by atoms with Crippen LogP contribution in [0.2, 0.25) is 0 Å². The van der Waals surface area contributed by atoms with Gasteiger partial charge in [0.05, 0.1) is 13.5 Å². The quantitative estimate of drug-likeness (QED) is 0.882. The van der Waals surface area contributed by atoms with E-state index in [-0.39, 0.29) is 11.9 Å². The minimum absolute atomic E-state index is 0.0557. The van der Waals surface area contributed by atoms with Gasteiger partial charge >= 0.3 is 0 Å². The van der Waals surface area contributed by atoms with Crippen LogP contribution in [0, 0.1) is 5.92 Å². The summed E-state index contributed by atoms with van der Waals surface area (Å²) in [6, 6.07) is 5.99. The molecule has 5 heteroatoms. The molecule has 110 valence electrons. The van der Waals surface area contributed by atoms with E-state index in [0.717, 1.165) is 35.3 Å². The Labute approximate surface area is 128 Å². The zero-order chi connectivity index (χ0) is 14.5. The number of methoxy groups -OCH3 is 1. The van der Waals surface area contributed by atoms with Crippen LogP contribution in [0.4, 0.5) is 0 Å². The zero-order valence-corrected chi connectivity index (χ0v) is 13.5. The molecule has 0 spiro atoms. The standard InChI is InChI=1S/C15H21BrN2O2/c1-10-9-17-6-5-13(10)18-15(19)8-11-7-12(16)3-4-14(11)20-2/h3-4,7,10,13,17H,5-6,8-9H2,1-2H3,(H,18,19). The molecule has 2 N–H and O–H groups in total. The Balaban J connectivity index is 1.99. The van der Waals surface area contributed by atoms with Gasteiger partial charge in [-0.15, -0.1) is 0 Å². The lowest BCUT2D eigenvalue weighted by atomic mass is 9.95. The van der Waals surface area contributed by atoms with Crippen molar-refractivity contribution in [3.05, 3.63) is 28.2 Å². The fourth-order valence-corrected chi connectivity index (χ4v) is 2.95. The average Bonchev–Trinajstić information content (AvgIpc) is 2.41. The van der Waals surface area contributed by atoms with Crippen molar-refractivity contribution in [3.63, 3.8) is 0 Å². The van der Waals surface area contributed by atoms with Crippen molar-refractivity contribution < 1.29 is 9.53 Å². The number of piperidine rings is 1. The van der Waals surface area contributed by atoms with Gasteiger partial charge in [0.25, 0.3) is 0 Å². The van der Waals surface area contributed by atoms with Gasteiger partial charge in [0.15, 0.2) is 0 Å². The number of nitrogens with one attached hydrogen (secondary N) is 2. The van der Waals surface area contributed by atoms with Crippen LogP contribution in [-0.2, 0) is 11.2 Å². The van der Waals surface area contributed by atoms with Crippen LogP contribution in [0.15, 0.2) is 22.7 Å². The van der Waals surface area contributed by atoms with Gasteiger partial charge in [-0.1, -0.05) is 22.9 Å². The summed E-state index contributed by atoms with van der Waals surface area (Å²) in [6.07, 6.45) is 1.34. The van der Waals surface area contributed by atoms with Crippen molar-refractivity contribution in [3.8, 4) is 5.75 Å². The molecule has 0 radical (unpaired) electrons. The van der Waals surface area contributed by atoms with Crippen LogP contribution in [-0.4, -0.2) is 32.1 Å². The van der Waals surface area contributed by atoms with Crippen LogP contribution in [0.25, 0.3) is 0 Å². The Hall–Kier alpha value is -1.07. The maximum atomic E-state index is 12.2. The van der Waals surface area contributed by atoms with Gasteiger partial charge in [-0.25, -0.2) is 0 Å². The first kappa shape index (κ1) is 15.3. The fourth-order valence-electron chi connectivity index (χ4n) is 2.54. The summed E-state index contributed by atoms with van der Waals surface area (Å²) in [5, 5.41) is 6.47. The molecule has 2 unspecified atom stereocenters. The number of carbonyl (C=O) groups is 1. The Morgan fingerprint density at radius 3 is 3.05 bits per heavy atom. The van der Waals surface area contributed by atoms with Crippen molar-refractivity contribution in [2.24, 2.45) is 5.92 Å². The molecule has 2 rings (SSSR count). The number of amides is 1. The van der Waals surface area contributed by atoms with E-state index in [4.69, 9.17) is 4.74 Å². The van der Waals surface area contributed by atoms with E-state index in [0.29, 0.717) is 12.3 Å². The minimum atomic E-state index is 0.0557. The second-order valence-corrected chi connectivity index (χ2v) is 6.19. The van der Waals surface area contributed by atoms with Crippen molar-refractivity contribution in [1.82, 2.24) is 10.6 Å². The fraction of sp³-hybridized carbons (Fsp3) is 0.533. The summed E-state index contributed by atoms with van der Waals surface area (Å²) in [7, 11) is 1.62. The molecule has 0 aromatic heterocycles. The number of ether oxygens (including phenoxy) is 1. The van der Waals surface area contributed by atoms with E-state index >= 15 is 0 Å². The van der Waals surface area contributed by atoms with Crippen LogP contribution < -0.4 is 15.4 Å². The smallest absolute Gasteiger partial charge is 0.224 e. The first-order chi connectivity index (χ1) is 9.60. The maximum Gasteiger partial charge on any atom is 0.224 e. The molecule has 0 bridgehead atoms. The van der Waals surface area contributed by atoms with E-state index in [1.807, 2.05) is 18.2 Å². The SMILES string of the molecule is COc1ccc(Br)cc1CC(=O)NC1CCNCC1C. The molecule has 1 heterocycles. The molecule has 1 fully saturated rings. The normalized spacial score (nSPS) is 22.4. The van der Waals surface area contributed by atoms with Gasteiger partial charge in [-0.2, -0.15) is 0 Å². The molecule has 1 aromatic rings. The molecule has 2 atom stereocenters. The third kappa shape index (κ3) is 3.96. The molecular weight excluding hydrogens is 320 g/mol. The van der Waals surface area contributed by atoms with Crippen molar-refractivity contribution in [2.45, 2.75) is 25.8 Å². The van der Waals surface area contributed by atoms with Crippen molar-refractivity contribution in [1.29, 1.82) is 0 Å². The molecule has 20 heavy (non-hydrogen) atoms. The number of hydrogen-bond donors (Lipinski definition) is 2. The summed E-state index contributed by atoms with van der Waals surface area (Å²) in [4.78, 5) is 12.2. The van der Waals surface area contributed by atoms with Gasteiger partial charge in [0.2, 0.25) is 5.91 Å². The highest BCUT2D eigenvalue weighted by Crippen LogP contribution is 2.23. The molecule has 4 nitrogen and oxygen atoms in total. The summed E-state index contributed by atoms with van der Waals surface area (Å²) < 4.78 is 6.26. The summed E-state index contributed by atoms with van der Waals surface area (Å²) in [5.41, 5.74) is 0.904. The van der Waals surface area contributed by atoms with E-state index < -0.39 is 0 Å². The molecule has 1 amide bonds. The third-order valence-electron chi connectivity index (χ3n) is 3.73. The van der Waals surface area contributed by atoms with Crippen LogP contribution in [0.5, 0.6) is 5.75 Å². The summed E-state index contributed by atoms with van der Waals surface area (Å²) in [5.74, 6) is 1.28. The lowest BCUT2D eigenvalue weighted by Crippen LogP contribution is -2.48. The Kier molecular flexibility index (Phi) is 5.43. The zero-order valence-electron chi connectivity index (χ0n) is 11.9. The second-order valence-electron chi connectivity index (χ2n) is 5.28. The highest BCUT2D eigenvalue weighted by Gasteiger charge is 2.22. The Bertz CT molecular complexity index is 479. The molecule has 1 saturated heterocycles. The van der Waals surface area contributed by atoms with Crippen molar-refractivity contribution in [2.75, 3.05) is 20.2 Å². The molecule has 0 aliphatic carbocycles. The largest absolute Gasteiger partial charge is 0.496 e. The van der Waals surface area contributed by atoms with E-state index in [2.05, 4.69) is 33.5 Å². The molecular formula is C15H21BrN2O2. The number of rotatable bonds is 4. The average molecular weight is 341 g/mol. The minimum Gasteiger partial charge on any atom is -0.496 e. The van der Waals surface area contributed by atoms with Gasteiger partial charge in [-0.05, 0) is 43.6 Å². The first-order valence-corrected chi connectivity index (χ1v) is 7.72. The van der Waals surface area contributed by atoms with E-state index in [1.165, 1.54) is 0 Å². The van der Waals surface area contributed by atoms with Crippen molar-refractivity contribution >= 4 is 21.8 Å². The number of halogens is 1. The van der Waals surface area contributed by atoms with Crippen LogP contribution in [0.1, 0.15) is 18.9 Å². The number of benzene rings is 1. The third-order valence-corrected chi connectivity index (χ3v) is 4.22. The summed E-state index contributed by atoms with van der Waals surface area (Å²) >= 11 is 3.43. The Morgan fingerprint density at radius 1 is 1.55 bits per heavy atom. The Morgan fingerprint density at radius 2 is 2.35 bits per heavy atom. The molecule has 1 aliphatic heterocycles. The number of carbonyl (C=O) groups excluding carboxylic acids is 1. The second kappa shape index (κ2) is 7.09.